The van der Waals surface area contributed by atoms with Gasteiger partial charge in [0, 0.05) is 13.1 Å². The molecule has 0 aromatic carbocycles. The van der Waals surface area contributed by atoms with Crippen LogP contribution in [0.5, 0.6) is 0 Å². The normalized spacial score (nSPS) is 13.8. The number of carbonyl (C=O) groups is 2. The number of carbonyl (C=O) groups excluding carboxylic acids is 1. The summed E-state index contributed by atoms with van der Waals surface area (Å²) >= 11 is 0. The highest BCUT2D eigenvalue weighted by molar-refractivity contribution is 5.82. The fraction of sp³-hybridized carbons (Fsp3) is 0.857. The van der Waals surface area contributed by atoms with Crippen molar-refractivity contribution in [1.82, 2.24) is 15.5 Å². The molecule has 0 rings (SSSR count). The van der Waals surface area contributed by atoms with Crippen LogP contribution in [-0.4, -0.2) is 54.2 Å². The van der Waals surface area contributed by atoms with Gasteiger partial charge in [-0.2, -0.15) is 0 Å². The zero-order valence-corrected chi connectivity index (χ0v) is 13.1. The van der Waals surface area contributed by atoms with E-state index in [0.717, 1.165) is 26.1 Å². The van der Waals surface area contributed by atoms with Crippen LogP contribution >= 0.6 is 0 Å². The molecule has 0 aliphatic carbocycles. The molecule has 2 amide bonds. The van der Waals surface area contributed by atoms with E-state index in [1.807, 2.05) is 13.8 Å². The largest absolute Gasteiger partial charge is 0.480 e. The molecule has 0 saturated carbocycles. The lowest BCUT2D eigenvalue weighted by Gasteiger charge is -2.22. The maximum absolute atomic E-state index is 11.7. The van der Waals surface area contributed by atoms with Crippen molar-refractivity contribution in [1.29, 1.82) is 0 Å². The minimum atomic E-state index is -0.990. The van der Waals surface area contributed by atoms with E-state index in [4.69, 9.17) is 5.11 Å². The summed E-state index contributed by atoms with van der Waals surface area (Å²) in [6.07, 6.45) is 1.78. The molecule has 0 aliphatic rings. The van der Waals surface area contributed by atoms with Crippen LogP contribution in [0.2, 0.25) is 0 Å². The van der Waals surface area contributed by atoms with E-state index < -0.39 is 18.0 Å². The van der Waals surface area contributed by atoms with Crippen molar-refractivity contribution in [2.45, 2.75) is 46.6 Å². The maximum Gasteiger partial charge on any atom is 0.326 e. The van der Waals surface area contributed by atoms with Crippen LogP contribution in [0.1, 0.15) is 40.5 Å². The van der Waals surface area contributed by atoms with E-state index in [-0.39, 0.29) is 5.92 Å². The molecule has 0 saturated heterocycles. The lowest BCUT2D eigenvalue weighted by Crippen LogP contribution is -2.50. The smallest absolute Gasteiger partial charge is 0.326 e. The summed E-state index contributed by atoms with van der Waals surface area (Å²) in [5.41, 5.74) is 0. The minimum Gasteiger partial charge on any atom is -0.480 e. The van der Waals surface area contributed by atoms with Crippen LogP contribution in [-0.2, 0) is 4.79 Å². The number of nitrogens with zero attached hydrogens (tertiary/aromatic N) is 1. The third kappa shape index (κ3) is 7.33. The molecular weight excluding hydrogens is 258 g/mol. The van der Waals surface area contributed by atoms with E-state index >= 15 is 0 Å². The highest BCUT2D eigenvalue weighted by Crippen LogP contribution is 2.07. The zero-order chi connectivity index (χ0) is 15.5. The Balaban J connectivity index is 4.11. The summed E-state index contributed by atoms with van der Waals surface area (Å²) < 4.78 is 0. The van der Waals surface area contributed by atoms with Gasteiger partial charge in [-0.05, 0) is 25.4 Å². The number of likely N-dealkylation sites (N-methyl/N-ethyl adjacent to an activating group) is 1. The van der Waals surface area contributed by atoms with Crippen molar-refractivity contribution in [3.63, 3.8) is 0 Å². The molecule has 2 atom stereocenters. The number of carboxylic acid groups (broad SMARTS) is 1. The first-order valence-corrected chi connectivity index (χ1v) is 7.45. The monoisotopic (exact) mass is 287 g/mol. The fourth-order valence-corrected chi connectivity index (χ4v) is 1.95. The first kappa shape index (κ1) is 18.7. The van der Waals surface area contributed by atoms with Crippen molar-refractivity contribution in [2.75, 3.05) is 26.2 Å². The average Bonchev–Trinajstić information content (AvgIpc) is 2.42. The maximum atomic E-state index is 11.7. The predicted molar refractivity (Wildman–Crippen MR) is 79.8 cm³/mol. The Hall–Kier alpha value is -1.30. The Labute approximate surface area is 121 Å². The molecule has 118 valence electrons. The van der Waals surface area contributed by atoms with Gasteiger partial charge in [0.2, 0.25) is 0 Å². The first-order chi connectivity index (χ1) is 9.46. The molecule has 0 aromatic rings. The second-order valence-corrected chi connectivity index (χ2v) is 5.04. The molecule has 0 heterocycles. The standard InChI is InChI=1S/C14H29N3O3/c1-5-9-17(7-3)10-8-15-14(20)16-12(13(18)19)11(4)6-2/h11-12H,5-10H2,1-4H3,(H,18,19)(H2,15,16,20)/t11-,12-/m0/s1. The van der Waals surface area contributed by atoms with Gasteiger partial charge in [-0.15, -0.1) is 0 Å². The number of hydrogen-bond donors (Lipinski definition) is 3. The quantitative estimate of drug-likeness (QED) is 0.569. The Morgan fingerprint density at radius 3 is 2.30 bits per heavy atom. The summed E-state index contributed by atoms with van der Waals surface area (Å²) in [4.78, 5) is 25.0. The number of nitrogens with one attached hydrogen (secondary N) is 2. The van der Waals surface area contributed by atoms with Crippen LogP contribution in [0.15, 0.2) is 0 Å². The molecule has 0 radical (unpaired) electrons. The van der Waals surface area contributed by atoms with E-state index in [0.29, 0.717) is 13.0 Å². The van der Waals surface area contributed by atoms with Gasteiger partial charge < -0.3 is 20.6 Å². The lowest BCUT2D eigenvalue weighted by atomic mass is 9.99. The van der Waals surface area contributed by atoms with Gasteiger partial charge in [0.25, 0.3) is 0 Å². The number of aliphatic carboxylic acids is 1. The van der Waals surface area contributed by atoms with Crippen molar-refractivity contribution >= 4 is 12.0 Å². The van der Waals surface area contributed by atoms with Crippen LogP contribution in [0.3, 0.4) is 0 Å². The molecule has 0 aromatic heterocycles. The molecule has 3 N–H and O–H groups in total. The molecule has 0 unspecified atom stereocenters. The van der Waals surface area contributed by atoms with E-state index in [9.17, 15) is 9.59 Å². The summed E-state index contributed by atoms with van der Waals surface area (Å²) in [6.45, 7) is 11.2. The predicted octanol–water partition coefficient (Wildman–Crippen LogP) is 1.52. The second kappa shape index (κ2) is 10.5. The Morgan fingerprint density at radius 1 is 1.20 bits per heavy atom. The molecule has 0 fully saturated rings. The van der Waals surface area contributed by atoms with Crippen LogP contribution in [0.4, 0.5) is 4.79 Å². The number of rotatable bonds is 10. The Bertz CT molecular complexity index is 297. The summed E-state index contributed by atoms with van der Waals surface area (Å²) in [6, 6.07) is -1.25. The Kier molecular flexibility index (Phi) is 9.80. The molecule has 0 aliphatic heterocycles. The number of amides is 2. The van der Waals surface area contributed by atoms with Crippen molar-refractivity contribution in [3.8, 4) is 0 Å². The molecule has 0 spiro atoms. The SMILES string of the molecule is CCCN(CC)CCNC(=O)N[C@H](C(=O)O)[C@@H](C)CC. The van der Waals surface area contributed by atoms with Gasteiger partial charge in [-0.3, -0.25) is 0 Å². The van der Waals surface area contributed by atoms with Crippen molar-refractivity contribution in [2.24, 2.45) is 5.92 Å². The minimum absolute atomic E-state index is 0.0921. The number of carboxylic acids is 1. The second-order valence-electron chi connectivity index (χ2n) is 5.04. The average molecular weight is 287 g/mol. The highest BCUT2D eigenvalue weighted by atomic mass is 16.4. The summed E-state index contributed by atoms with van der Waals surface area (Å²) in [5, 5.41) is 14.3. The number of hydrogen-bond acceptors (Lipinski definition) is 3. The number of urea groups is 1. The van der Waals surface area contributed by atoms with Crippen molar-refractivity contribution < 1.29 is 14.7 Å². The van der Waals surface area contributed by atoms with E-state index in [2.05, 4.69) is 29.4 Å². The highest BCUT2D eigenvalue weighted by Gasteiger charge is 2.24. The van der Waals surface area contributed by atoms with Crippen LogP contribution in [0.25, 0.3) is 0 Å². The topological polar surface area (TPSA) is 81.7 Å². The summed E-state index contributed by atoms with van der Waals surface area (Å²) in [5.74, 6) is -1.08. The van der Waals surface area contributed by atoms with Gasteiger partial charge in [-0.1, -0.05) is 34.1 Å². The Morgan fingerprint density at radius 2 is 1.85 bits per heavy atom. The third-order valence-electron chi connectivity index (χ3n) is 3.47. The van der Waals surface area contributed by atoms with Gasteiger partial charge in [-0.25, -0.2) is 9.59 Å². The fourth-order valence-electron chi connectivity index (χ4n) is 1.95. The lowest BCUT2D eigenvalue weighted by molar-refractivity contribution is -0.140. The molecule has 20 heavy (non-hydrogen) atoms. The third-order valence-corrected chi connectivity index (χ3v) is 3.47. The summed E-state index contributed by atoms with van der Waals surface area (Å²) in [7, 11) is 0. The zero-order valence-electron chi connectivity index (χ0n) is 13.1. The van der Waals surface area contributed by atoms with Crippen molar-refractivity contribution in [3.05, 3.63) is 0 Å². The van der Waals surface area contributed by atoms with Crippen LogP contribution in [0, 0.1) is 5.92 Å². The van der Waals surface area contributed by atoms with Gasteiger partial charge in [0.05, 0.1) is 0 Å². The van der Waals surface area contributed by atoms with Gasteiger partial charge in [0.1, 0.15) is 6.04 Å². The molecule has 0 bridgehead atoms. The van der Waals surface area contributed by atoms with E-state index in [1.54, 1.807) is 0 Å². The first-order valence-electron chi connectivity index (χ1n) is 7.45. The molecule has 6 nitrogen and oxygen atoms in total. The molecular formula is C14H29N3O3. The van der Waals surface area contributed by atoms with Gasteiger partial charge >= 0.3 is 12.0 Å². The van der Waals surface area contributed by atoms with E-state index in [1.165, 1.54) is 0 Å². The van der Waals surface area contributed by atoms with Crippen LogP contribution < -0.4 is 10.6 Å². The van der Waals surface area contributed by atoms with Gasteiger partial charge in [0.15, 0.2) is 0 Å². The molecule has 6 heteroatoms.